The van der Waals surface area contributed by atoms with E-state index >= 15 is 0 Å². The molecule has 1 N–H and O–H groups in total. The van der Waals surface area contributed by atoms with Gasteiger partial charge in [-0.05, 0) is 6.92 Å². The van der Waals surface area contributed by atoms with Gasteiger partial charge in [0.15, 0.2) is 0 Å². The zero-order valence-corrected chi connectivity index (χ0v) is 6.73. The smallest absolute Gasteiger partial charge is 0.341 e. The van der Waals surface area contributed by atoms with Gasteiger partial charge in [-0.2, -0.15) is 0 Å². The van der Waals surface area contributed by atoms with Crippen LogP contribution in [0.1, 0.15) is 27.7 Å². The molecular weight excluding hydrogens is 135 g/mol. The Morgan fingerprint density at radius 2 is 1.60 bits per heavy atom. The van der Waals surface area contributed by atoms with Crippen molar-refractivity contribution in [2.45, 2.75) is 33.4 Å². The predicted molar refractivity (Wildman–Crippen MR) is 36.6 cm³/mol. The first-order chi connectivity index (χ1) is 4.19. The molecule has 10 heavy (non-hydrogen) atoms. The van der Waals surface area contributed by atoms with E-state index in [0.717, 1.165) is 6.92 Å². The van der Waals surface area contributed by atoms with Crippen LogP contribution in [0.5, 0.6) is 0 Å². The van der Waals surface area contributed by atoms with Crippen LogP contribution in [-0.4, -0.2) is 16.7 Å². The van der Waals surface area contributed by atoms with Crippen LogP contribution in [0, 0.1) is 5.41 Å². The fourth-order valence-electron chi connectivity index (χ4n) is 0.321. The highest BCUT2D eigenvalue weighted by atomic mass is 19.1. The van der Waals surface area contributed by atoms with E-state index in [0.29, 0.717) is 0 Å². The molecule has 0 spiro atoms. The summed E-state index contributed by atoms with van der Waals surface area (Å²) >= 11 is 0. The summed E-state index contributed by atoms with van der Waals surface area (Å²) in [6, 6.07) is 0. The molecule has 0 aliphatic carbocycles. The largest absolute Gasteiger partial charge is 0.479 e. The van der Waals surface area contributed by atoms with Crippen LogP contribution in [0.3, 0.4) is 0 Å². The van der Waals surface area contributed by atoms with Crippen LogP contribution in [0.15, 0.2) is 0 Å². The lowest BCUT2D eigenvalue weighted by Crippen LogP contribution is -2.42. The minimum absolute atomic E-state index is 0.848. The van der Waals surface area contributed by atoms with Gasteiger partial charge in [-0.1, -0.05) is 20.8 Å². The Labute approximate surface area is 60.1 Å². The molecule has 0 aliphatic rings. The van der Waals surface area contributed by atoms with E-state index in [-0.39, 0.29) is 0 Å². The third kappa shape index (κ3) is 1.46. The van der Waals surface area contributed by atoms with Crippen molar-refractivity contribution in [3.8, 4) is 0 Å². The summed E-state index contributed by atoms with van der Waals surface area (Å²) in [7, 11) is 0. The van der Waals surface area contributed by atoms with Gasteiger partial charge in [0.05, 0.1) is 0 Å². The van der Waals surface area contributed by atoms with Crippen molar-refractivity contribution in [1.29, 1.82) is 0 Å². The van der Waals surface area contributed by atoms with E-state index in [9.17, 15) is 9.18 Å². The number of alkyl halides is 1. The van der Waals surface area contributed by atoms with Gasteiger partial charge in [-0.25, -0.2) is 9.18 Å². The molecule has 2 nitrogen and oxygen atoms in total. The monoisotopic (exact) mass is 148 g/mol. The van der Waals surface area contributed by atoms with E-state index < -0.39 is 17.1 Å². The fourth-order valence-corrected chi connectivity index (χ4v) is 0.321. The Bertz CT molecular complexity index is 144. The Morgan fingerprint density at radius 1 is 1.30 bits per heavy atom. The molecule has 0 aliphatic heterocycles. The predicted octanol–water partition coefficient (Wildman–Crippen LogP) is 1.85. The highest BCUT2D eigenvalue weighted by molar-refractivity contribution is 5.77. The van der Waals surface area contributed by atoms with Gasteiger partial charge in [0, 0.05) is 5.41 Å². The number of hydrogen-bond acceptors (Lipinski definition) is 1. The van der Waals surface area contributed by atoms with Gasteiger partial charge < -0.3 is 5.11 Å². The average molecular weight is 148 g/mol. The van der Waals surface area contributed by atoms with Crippen molar-refractivity contribution in [3.63, 3.8) is 0 Å². The molecular formula is C7H13FO2. The van der Waals surface area contributed by atoms with Gasteiger partial charge in [0.1, 0.15) is 0 Å². The van der Waals surface area contributed by atoms with Crippen molar-refractivity contribution >= 4 is 5.97 Å². The normalized spacial score (nSPS) is 18.1. The molecule has 0 radical (unpaired) electrons. The molecule has 0 aromatic carbocycles. The molecule has 0 saturated heterocycles. The molecule has 0 bridgehead atoms. The van der Waals surface area contributed by atoms with Gasteiger partial charge in [-0.3, -0.25) is 0 Å². The summed E-state index contributed by atoms with van der Waals surface area (Å²) in [6.45, 7) is 5.75. The topological polar surface area (TPSA) is 37.3 Å². The van der Waals surface area contributed by atoms with Crippen LogP contribution in [0.4, 0.5) is 4.39 Å². The summed E-state index contributed by atoms with van der Waals surface area (Å²) in [5.74, 6) is -1.40. The number of hydrogen-bond donors (Lipinski definition) is 1. The average Bonchev–Trinajstić information content (AvgIpc) is 1.62. The van der Waals surface area contributed by atoms with E-state index in [1.165, 1.54) is 0 Å². The summed E-state index contributed by atoms with van der Waals surface area (Å²) in [5, 5.41) is 8.40. The van der Waals surface area contributed by atoms with Gasteiger partial charge in [0.25, 0.3) is 0 Å². The zero-order chi connectivity index (χ0) is 8.58. The van der Waals surface area contributed by atoms with E-state index in [2.05, 4.69) is 0 Å². The second-order valence-electron chi connectivity index (χ2n) is 3.56. The fraction of sp³-hybridized carbons (Fsp3) is 0.857. The summed E-state index contributed by atoms with van der Waals surface area (Å²) in [5.41, 5.74) is -2.99. The number of aliphatic carboxylic acids is 1. The number of carbonyl (C=O) groups is 1. The lowest BCUT2D eigenvalue weighted by Gasteiger charge is -2.29. The Balaban J connectivity index is 4.57. The third-order valence-electron chi connectivity index (χ3n) is 1.81. The third-order valence-corrected chi connectivity index (χ3v) is 1.81. The van der Waals surface area contributed by atoms with Crippen molar-refractivity contribution in [1.82, 2.24) is 0 Å². The number of carboxylic acid groups (broad SMARTS) is 1. The van der Waals surface area contributed by atoms with Crippen molar-refractivity contribution in [3.05, 3.63) is 0 Å². The highest BCUT2D eigenvalue weighted by Gasteiger charge is 2.44. The Morgan fingerprint density at radius 3 is 1.60 bits per heavy atom. The molecule has 0 amide bonds. The molecule has 0 aromatic rings. The minimum atomic E-state index is -2.15. The Kier molecular flexibility index (Phi) is 2.09. The molecule has 1 atom stereocenters. The van der Waals surface area contributed by atoms with Crippen molar-refractivity contribution in [2.24, 2.45) is 5.41 Å². The van der Waals surface area contributed by atoms with Crippen molar-refractivity contribution < 1.29 is 14.3 Å². The van der Waals surface area contributed by atoms with Crippen LogP contribution in [0.2, 0.25) is 0 Å². The second-order valence-corrected chi connectivity index (χ2v) is 3.56. The maximum atomic E-state index is 13.1. The van der Waals surface area contributed by atoms with Crippen molar-refractivity contribution in [2.75, 3.05) is 0 Å². The second kappa shape index (κ2) is 2.22. The van der Waals surface area contributed by atoms with E-state index in [1.54, 1.807) is 20.8 Å². The SMILES string of the molecule is CC(C)(C)C(C)(F)C(=O)O. The molecule has 0 saturated carbocycles. The molecule has 3 heteroatoms. The van der Waals surface area contributed by atoms with Crippen LogP contribution in [0.25, 0.3) is 0 Å². The lowest BCUT2D eigenvalue weighted by molar-refractivity contribution is -0.157. The van der Waals surface area contributed by atoms with Gasteiger partial charge >= 0.3 is 5.97 Å². The molecule has 0 fully saturated rings. The lowest BCUT2D eigenvalue weighted by atomic mass is 9.79. The maximum Gasteiger partial charge on any atom is 0.341 e. The number of carboxylic acids is 1. The maximum absolute atomic E-state index is 13.1. The first-order valence-electron chi connectivity index (χ1n) is 3.12. The summed E-state index contributed by atoms with van der Waals surface area (Å²) in [6.07, 6.45) is 0. The number of rotatable bonds is 1. The van der Waals surface area contributed by atoms with E-state index in [1.807, 2.05) is 0 Å². The minimum Gasteiger partial charge on any atom is -0.479 e. The molecule has 60 valence electrons. The quantitative estimate of drug-likeness (QED) is 0.616. The summed E-state index contributed by atoms with van der Waals surface area (Å²) in [4.78, 5) is 10.3. The van der Waals surface area contributed by atoms with Gasteiger partial charge in [-0.15, -0.1) is 0 Å². The number of halogens is 1. The van der Waals surface area contributed by atoms with Crippen LogP contribution >= 0.6 is 0 Å². The first kappa shape index (κ1) is 9.40. The van der Waals surface area contributed by atoms with Crippen LogP contribution in [-0.2, 0) is 4.79 Å². The van der Waals surface area contributed by atoms with E-state index in [4.69, 9.17) is 5.11 Å². The first-order valence-corrected chi connectivity index (χ1v) is 3.12. The standard InChI is InChI=1S/C7H13FO2/c1-6(2,3)7(4,8)5(9)10/h1-4H3,(H,9,10). The molecule has 0 heterocycles. The van der Waals surface area contributed by atoms with Gasteiger partial charge in [0.2, 0.25) is 5.67 Å². The Hall–Kier alpha value is -0.600. The molecule has 0 aromatic heterocycles. The zero-order valence-electron chi connectivity index (χ0n) is 6.73. The molecule has 1 unspecified atom stereocenters. The summed E-state index contributed by atoms with van der Waals surface area (Å²) < 4.78 is 13.1. The molecule has 0 rings (SSSR count). The highest BCUT2D eigenvalue weighted by Crippen LogP contribution is 2.33. The van der Waals surface area contributed by atoms with Crippen LogP contribution < -0.4 is 0 Å².